The first-order chi connectivity index (χ1) is 5.86. The van der Waals surface area contributed by atoms with E-state index in [9.17, 15) is 0 Å². The first kappa shape index (κ1) is 7.80. The maximum Gasteiger partial charge on any atom is 0.0952 e. The molecule has 1 aliphatic carbocycles. The van der Waals surface area contributed by atoms with E-state index in [2.05, 4.69) is 11.9 Å². The molecule has 0 amide bonds. The lowest BCUT2D eigenvalue weighted by Gasteiger charge is -2.03. The van der Waals surface area contributed by atoms with Crippen LogP contribution >= 0.6 is 0 Å². The Bertz CT molecular complexity index is 276. The molecular weight excluding hydrogens is 152 g/mol. The number of aliphatic hydroxyl groups is 1. The maximum absolute atomic E-state index is 9.14. The zero-order valence-electron chi connectivity index (χ0n) is 7.32. The normalized spacial score (nSPS) is 16.8. The van der Waals surface area contributed by atoms with E-state index >= 15 is 0 Å². The molecule has 0 unspecified atom stereocenters. The molecule has 0 atom stereocenters. The van der Waals surface area contributed by atoms with Crippen molar-refractivity contribution in [3.63, 3.8) is 0 Å². The van der Waals surface area contributed by atoms with Crippen molar-refractivity contribution < 1.29 is 5.11 Å². The fourth-order valence-electron chi connectivity index (χ4n) is 1.57. The van der Waals surface area contributed by atoms with Gasteiger partial charge in [0, 0.05) is 12.5 Å². The second-order valence-electron chi connectivity index (χ2n) is 3.29. The molecule has 0 aliphatic heterocycles. The van der Waals surface area contributed by atoms with Gasteiger partial charge in [0.1, 0.15) is 0 Å². The minimum Gasteiger partial charge on any atom is -0.390 e. The summed E-state index contributed by atoms with van der Waals surface area (Å²) in [4.78, 5) is 4.32. The van der Waals surface area contributed by atoms with Gasteiger partial charge in [-0.05, 0) is 19.8 Å². The van der Waals surface area contributed by atoms with Crippen LogP contribution in [0.2, 0.25) is 0 Å². The molecule has 1 aromatic rings. The topological polar surface area (TPSA) is 38.0 Å². The third-order valence-electron chi connectivity index (χ3n) is 2.43. The summed E-state index contributed by atoms with van der Waals surface area (Å²) < 4.78 is 2.02. The number of hydrogen-bond donors (Lipinski definition) is 1. The van der Waals surface area contributed by atoms with Gasteiger partial charge in [-0.3, -0.25) is 0 Å². The number of nitrogens with zero attached hydrogens (tertiary/aromatic N) is 2. The third-order valence-corrected chi connectivity index (χ3v) is 2.43. The second-order valence-corrected chi connectivity index (χ2v) is 3.29. The smallest absolute Gasteiger partial charge is 0.0952 e. The van der Waals surface area contributed by atoms with Gasteiger partial charge >= 0.3 is 0 Å². The fraction of sp³-hybridized carbons (Fsp3) is 0.667. The van der Waals surface area contributed by atoms with Crippen molar-refractivity contribution >= 4 is 0 Å². The van der Waals surface area contributed by atoms with Crippen LogP contribution in [-0.2, 0) is 13.2 Å². The molecule has 3 heteroatoms. The van der Waals surface area contributed by atoms with Gasteiger partial charge in [-0.15, -0.1) is 0 Å². The third kappa shape index (κ3) is 1.14. The van der Waals surface area contributed by atoms with E-state index < -0.39 is 0 Å². The van der Waals surface area contributed by atoms with Gasteiger partial charge in [0.25, 0.3) is 0 Å². The van der Waals surface area contributed by atoms with Crippen LogP contribution in [0.5, 0.6) is 0 Å². The minimum absolute atomic E-state index is 0.125. The Labute approximate surface area is 72.0 Å². The van der Waals surface area contributed by atoms with Gasteiger partial charge < -0.3 is 9.67 Å². The van der Waals surface area contributed by atoms with Gasteiger partial charge in [0.05, 0.1) is 24.3 Å². The predicted octanol–water partition coefficient (Wildman–Crippen LogP) is 1.27. The molecule has 1 heterocycles. The summed E-state index contributed by atoms with van der Waals surface area (Å²) in [5, 5.41) is 9.14. The van der Waals surface area contributed by atoms with Crippen molar-refractivity contribution in [1.29, 1.82) is 0 Å². The molecule has 0 saturated heterocycles. The number of hydrogen-bond acceptors (Lipinski definition) is 2. The van der Waals surface area contributed by atoms with E-state index in [1.807, 2.05) is 10.9 Å². The quantitative estimate of drug-likeness (QED) is 0.734. The van der Waals surface area contributed by atoms with Crippen LogP contribution in [0.4, 0.5) is 0 Å². The average molecular weight is 166 g/mol. The van der Waals surface area contributed by atoms with Crippen molar-refractivity contribution in [2.75, 3.05) is 0 Å². The Hall–Kier alpha value is -0.830. The lowest BCUT2D eigenvalue weighted by Crippen LogP contribution is -2.00. The maximum atomic E-state index is 9.14. The molecule has 0 aromatic carbocycles. The van der Waals surface area contributed by atoms with Gasteiger partial charge in [0.2, 0.25) is 0 Å². The Kier molecular flexibility index (Phi) is 1.89. The molecule has 1 aromatic heterocycles. The highest BCUT2D eigenvalue weighted by molar-refractivity contribution is 5.21. The van der Waals surface area contributed by atoms with Crippen molar-refractivity contribution in [3.05, 3.63) is 17.7 Å². The summed E-state index contributed by atoms with van der Waals surface area (Å²) in [6.45, 7) is 3.09. The van der Waals surface area contributed by atoms with Crippen LogP contribution in [0.1, 0.15) is 37.1 Å². The van der Waals surface area contributed by atoms with Crippen LogP contribution in [0.25, 0.3) is 0 Å². The van der Waals surface area contributed by atoms with Crippen LogP contribution in [0, 0.1) is 0 Å². The van der Waals surface area contributed by atoms with Crippen LogP contribution in [0.15, 0.2) is 6.33 Å². The standard InChI is InChI=1S/C9H14N2O/c1-2-11-6-10-9(7-3-4-7)8(11)5-12/h6-7,12H,2-5H2,1H3. The molecule has 0 bridgehead atoms. The van der Waals surface area contributed by atoms with Crippen molar-refractivity contribution in [2.45, 2.75) is 38.8 Å². The van der Waals surface area contributed by atoms with Gasteiger partial charge in [-0.25, -0.2) is 4.98 Å². The monoisotopic (exact) mass is 166 g/mol. The van der Waals surface area contributed by atoms with Gasteiger partial charge in [0.15, 0.2) is 0 Å². The lowest BCUT2D eigenvalue weighted by molar-refractivity contribution is 0.269. The van der Waals surface area contributed by atoms with Crippen molar-refractivity contribution in [1.82, 2.24) is 9.55 Å². The van der Waals surface area contributed by atoms with E-state index in [0.29, 0.717) is 5.92 Å². The number of aromatic nitrogens is 2. The Morgan fingerprint density at radius 1 is 1.67 bits per heavy atom. The molecule has 1 aliphatic rings. The molecule has 0 spiro atoms. The fourth-order valence-corrected chi connectivity index (χ4v) is 1.57. The van der Waals surface area contributed by atoms with Crippen LogP contribution < -0.4 is 0 Å². The highest BCUT2D eigenvalue weighted by atomic mass is 16.3. The summed E-state index contributed by atoms with van der Waals surface area (Å²) in [6, 6.07) is 0. The van der Waals surface area contributed by atoms with Gasteiger partial charge in [-0.2, -0.15) is 0 Å². The first-order valence-corrected chi connectivity index (χ1v) is 4.51. The SMILES string of the molecule is CCn1cnc(C2CC2)c1CO. The summed E-state index contributed by atoms with van der Waals surface area (Å²) in [5.74, 6) is 0.639. The first-order valence-electron chi connectivity index (χ1n) is 4.51. The Morgan fingerprint density at radius 2 is 2.42 bits per heavy atom. The van der Waals surface area contributed by atoms with Crippen molar-refractivity contribution in [2.24, 2.45) is 0 Å². The summed E-state index contributed by atoms with van der Waals surface area (Å²) in [5.41, 5.74) is 2.14. The molecule has 2 rings (SSSR count). The molecular formula is C9H14N2O. The molecule has 1 saturated carbocycles. The second kappa shape index (κ2) is 2.90. The van der Waals surface area contributed by atoms with E-state index in [0.717, 1.165) is 17.9 Å². The van der Waals surface area contributed by atoms with E-state index in [1.54, 1.807) is 0 Å². The molecule has 1 fully saturated rings. The Balaban J connectivity index is 2.33. The number of aryl methyl sites for hydroxylation is 1. The molecule has 1 N–H and O–H groups in total. The number of imidazole rings is 1. The number of aliphatic hydroxyl groups excluding tert-OH is 1. The number of rotatable bonds is 3. The summed E-state index contributed by atoms with van der Waals surface area (Å²) >= 11 is 0. The molecule has 66 valence electrons. The van der Waals surface area contributed by atoms with Crippen LogP contribution in [-0.4, -0.2) is 14.7 Å². The van der Waals surface area contributed by atoms with E-state index in [1.165, 1.54) is 12.8 Å². The predicted molar refractivity (Wildman–Crippen MR) is 45.8 cm³/mol. The largest absolute Gasteiger partial charge is 0.390 e. The molecule has 12 heavy (non-hydrogen) atoms. The summed E-state index contributed by atoms with van der Waals surface area (Å²) in [7, 11) is 0. The van der Waals surface area contributed by atoms with Crippen molar-refractivity contribution in [3.8, 4) is 0 Å². The highest BCUT2D eigenvalue weighted by Crippen LogP contribution is 2.40. The van der Waals surface area contributed by atoms with E-state index in [4.69, 9.17) is 5.11 Å². The Morgan fingerprint density at radius 3 is 2.92 bits per heavy atom. The zero-order chi connectivity index (χ0) is 8.55. The van der Waals surface area contributed by atoms with Gasteiger partial charge in [-0.1, -0.05) is 0 Å². The summed E-state index contributed by atoms with van der Waals surface area (Å²) in [6.07, 6.45) is 4.32. The molecule has 0 radical (unpaired) electrons. The zero-order valence-corrected chi connectivity index (χ0v) is 7.32. The minimum atomic E-state index is 0.125. The molecule has 3 nitrogen and oxygen atoms in total. The lowest BCUT2D eigenvalue weighted by atomic mass is 10.2. The van der Waals surface area contributed by atoms with Crippen LogP contribution in [0.3, 0.4) is 0 Å². The average Bonchev–Trinajstić information content (AvgIpc) is 2.85. The highest BCUT2D eigenvalue weighted by Gasteiger charge is 2.28. The van der Waals surface area contributed by atoms with E-state index in [-0.39, 0.29) is 6.61 Å².